The molecule has 1 aromatic rings. The van der Waals surface area contributed by atoms with E-state index in [2.05, 4.69) is 45.3 Å². The minimum atomic E-state index is 0.139. The van der Waals surface area contributed by atoms with Gasteiger partial charge in [-0.2, -0.15) is 0 Å². The van der Waals surface area contributed by atoms with Crippen molar-refractivity contribution in [3.8, 4) is 0 Å². The molecule has 0 aliphatic heterocycles. The average molecular weight is 280 g/mol. The van der Waals surface area contributed by atoms with E-state index in [0.29, 0.717) is 6.04 Å². The van der Waals surface area contributed by atoms with Crippen LogP contribution in [0.2, 0.25) is 0 Å². The molecule has 2 nitrogen and oxygen atoms in total. The van der Waals surface area contributed by atoms with Gasteiger partial charge in [-0.05, 0) is 26.7 Å². The van der Waals surface area contributed by atoms with Gasteiger partial charge in [-0.3, -0.25) is 0 Å². The summed E-state index contributed by atoms with van der Waals surface area (Å²) in [7, 11) is 0. The van der Waals surface area contributed by atoms with Crippen LogP contribution in [-0.2, 0) is 11.0 Å². The number of hydrogen-bond acceptors (Lipinski definition) is 3. The van der Waals surface area contributed by atoms with Crippen LogP contribution in [0.15, 0.2) is 5.38 Å². The fraction of sp³-hybridized carbons (Fsp3) is 0.812. The van der Waals surface area contributed by atoms with Gasteiger partial charge in [0, 0.05) is 16.8 Å². The summed E-state index contributed by atoms with van der Waals surface area (Å²) in [6, 6.07) is 0.514. The molecule has 0 saturated heterocycles. The third-order valence-electron chi connectivity index (χ3n) is 3.95. The Labute approximate surface area is 122 Å². The van der Waals surface area contributed by atoms with Crippen LogP contribution in [-0.4, -0.2) is 11.0 Å². The molecule has 0 bridgehead atoms. The zero-order valence-electron chi connectivity index (χ0n) is 13.0. The highest BCUT2D eigenvalue weighted by Crippen LogP contribution is 2.40. The van der Waals surface area contributed by atoms with Crippen molar-refractivity contribution in [2.75, 3.05) is 0 Å². The maximum Gasteiger partial charge on any atom is 0.113 e. The maximum atomic E-state index is 4.99. The second kappa shape index (κ2) is 5.53. The number of nitrogens with one attached hydrogen (secondary N) is 1. The van der Waals surface area contributed by atoms with Gasteiger partial charge in [-0.25, -0.2) is 4.98 Å². The summed E-state index contributed by atoms with van der Waals surface area (Å²) in [5.41, 5.74) is 1.53. The van der Waals surface area contributed by atoms with Gasteiger partial charge in [-0.1, -0.05) is 40.0 Å². The largest absolute Gasteiger partial charge is 0.303 e. The van der Waals surface area contributed by atoms with Crippen molar-refractivity contribution in [2.45, 2.75) is 83.7 Å². The molecule has 2 rings (SSSR count). The molecule has 0 aromatic carbocycles. The summed E-state index contributed by atoms with van der Waals surface area (Å²) in [5, 5.41) is 7.39. The van der Waals surface area contributed by atoms with E-state index in [1.54, 1.807) is 0 Å². The summed E-state index contributed by atoms with van der Waals surface area (Å²) in [6.45, 7) is 11.2. The lowest BCUT2D eigenvalue weighted by Crippen LogP contribution is -2.47. The number of aromatic nitrogens is 1. The summed E-state index contributed by atoms with van der Waals surface area (Å²) in [5.74, 6) is 0. The van der Waals surface area contributed by atoms with Crippen molar-refractivity contribution in [1.82, 2.24) is 10.3 Å². The van der Waals surface area contributed by atoms with Gasteiger partial charge in [0.15, 0.2) is 0 Å². The number of rotatable bonds is 3. The van der Waals surface area contributed by atoms with E-state index >= 15 is 0 Å². The number of thiazole rings is 1. The van der Waals surface area contributed by atoms with Crippen LogP contribution in [0.25, 0.3) is 0 Å². The molecule has 1 aromatic heterocycles. The van der Waals surface area contributed by atoms with Crippen LogP contribution < -0.4 is 5.32 Å². The van der Waals surface area contributed by atoms with E-state index in [1.165, 1.54) is 42.8 Å². The maximum absolute atomic E-state index is 4.99. The smallest absolute Gasteiger partial charge is 0.113 e. The molecule has 19 heavy (non-hydrogen) atoms. The van der Waals surface area contributed by atoms with Crippen LogP contribution in [0.5, 0.6) is 0 Å². The molecule has 108 valence electrons. The van der Waals surface area contributed by atoms with Crippen LogP contribution >= 0.6 is 11.3 Å². The number of hydrogen-bond donors (Lipinski definition) is 1. The quantitative estimate of drug-likeness (QED) is 0.875. The van der Waals surface area contributed by atoms with Crippen molar-refractivity contribution in [3.63, 3.8) is 0 Å². The van der Waals surface area contributed by atoms with E-state index in [9.17, 15) is 0 Å². The molecule has 1 saturated carbocycles. The van der Waals surface area contributed by atoms with Crippen LogP contribution in [0.1, 0.15) is 77.4 Å². The lowest BCUT2D eigenvalue weighted by Gasteiger charge is -2.38. The fourth-order valence-electron chi connectivity index (χ4n) is 2.97. The standard InChI is InChI=1S/C16H28N2S/c1-12(2)18-16(9-7-6-8-10-16)14-17-13(11-19-14)15(3,4)5/h11-12,18H,6-10H2,1-5H3. The predicted octanol–water partition coefficient (Wildman–Crippen LogP) is 4.60. The van der Waals surface area contributed by atoms with Crippen LogP contribution in [0.4, 0.5) is 0 Å². The zero-order valence-corrected chi connectivity index (χ0v) is 13.9. The third-order valence-corrected chi connectivity index (χ3v) is 5.00. The molecule has 1 heterocycles. The first kappa shape index (κ1) is 15.0. The second-order valence-electron chi connectivity index (χ2n) is 7.23. The lowest BCUT2D eigenvalue weighted by atomic mass is 9.81. The molecule has 1 N–H and O–H groups in total. The van der Waals surface area contributed by atoms with E-state index in [0.717, 1.165) is 0 Å². The average Bonchev–Trinajstić information content (AvgIpc) is 2.78. The SMILES string of the molecule is CC(C)NC1(c2nc(C(C)(C)C)cs2)CCCCC1. The number of nitrogens with zero attached hydrogens (tertiary/aromatic N) is 1. The van der Waals surface area contributed by atoms with Gasteiger partial charge >= 0.3 is 0 Å². The van der Waals surface area contributed by atoms with Crippen molar-refractivity contribution in [3.05, 3.63) is 16.1 Å². The van der Waals surface area contributed by atoms with E-state index in [1.807, 2.05) is 11.3 Å². The van der Waals surface area contributed by atoms with Gasteiger partial charge in [0.1, 0.15) is 5.01 Å². The summed E-state index contributed by atoms with van der Waals surface area (Å²) >= 11 is 1.85. The molecular weight excluding hydrogens is 252 g/mol. The highest BCUT2D eigenvalue weighted by atomic mass is 32.1. The minimum Gasteiger partial charge on any atom is -0.303 e. The first-order valence-corrected chi connectivity index (χ1v) is 8.46. The normalized spacial score (nSPS) is 19.9. The molecule has 1 fully saturated rings. The molecule has 0 amide bonds. The second-order valence-corrected chi connectivity index (χ2v) is 8.09. The molecule has 1 aliphatic carbocycles. The minimum absolute atomic E-state index is 0.139. The molecule has 3 heteroatoms. The van der Waals surface area contributed by atoms with Crippen molar-refractivity contribution >= 4 is 11.3 Å². The van der Waals surface area contributed by atoms with Gasteiger partial charge in [0.05, 0.1) is 11.2 Å². The van der Waals surface area contributed by atoms with E-state index in [-0.39, 0.29) is 11.0 Å². The van der Waals surface area contributed by atoms with Crippen molar-refractivity contribution < 1.29 is 0 Å². The van der Waals surface area contributed by atoms with Crippen molar-refractivity contribution in [2.24, 2.45) is 0 Å². The molecule has 0 radical (unpaired) electrons. The molecule has 0 atom stereocenters. The van der Waals surface area contributed by atoms with Crippen molar-refractivity contribution in [1.29, 1.82) is 0 Å². The summed E-state index contributed by atoms with van der Waals surface area (Å²) in [6.07, 6.45) is 6.50. The Morgan fingerprint density at radius 2 is 1.84 bits per heavy atom. The Bertz CT molecular complexity index is 409. The zero-order chi connectivity index (χ0) is 14.1. The van der Waals surface area contributed by atoms with Gasteiger partial charge in [0.25, 0.3) is 0 Å². The van der Waals surface area contributed by atoms with E-state index in [4.69, 9.17) is 4.98 Å². The van der Waals surface area contributed by atoms with Gasteiger partial charge < -0.3 is 5.32 Å². The summed E-state index contributed by atoms with van der Waals surface area (Å²) in [4.78, 5) is 4.99. The monoisotopic (exact) mass is 280 g/mol. The van der Waals surface area contributed by atoms with E-state index < -0.39 is 0 Å². The molecular formula is C16H28N2S. The van der Waals surface area contributed by atoms with Gasteiger partial charge in [0.2, 0.25) is 0 Å². The Hall–Kier alpha value is -0.410. The molecule has 1 aliphatic rings. The Balaban J connectivity index is 2.30. The van der Waals surface area contributed by atoms with Crippen LogP contribution in [0.3, 0.4) is 0 Å². The first-order chi connectivity index (χ1) is 8.83. The van der Waals surface area contributed by atoms with Crippen LogP contribution in [0, 0.1) is 0 Å². The topological polar surface area (TPSA) is 24.9 Å². The fourth-order valence-corrected chi connectivity index (χ4v) is 4.24. The highest BCUT2D eigenvalue weighted by Gasteiger charge is 2.37. The predicted molar refractivity (Wildman–Crippen MR) is 83.8 cm³/mol. The molecule has 0 unspecified atom stereocenters. The van der Waals surface area contributed by atoms with Gasteiger partial charge in [-0.15, -0.1) is 11.3 Å². The third kappa shape index (κ3) is 3.38. The molecule has 0 spiro atoms. The Morgan fingerprint density at radius 1 is 1.21 bits per heavy atom. The lowest BCUT2D eigenvalue weighted by molar-refractivity contribution is 0.216. The highest BCUT2D eigenvalue weighted by molar-refractivity contribution is 7.09. The Kier molecular flexibility index (Phi) is 4.36. The first-order valence-electron chi connectivity index (χ1n) is 7.58. The Morgan fingerprint density at radius 3 is 2.32 bits per heavy atom. The summed E-state index contributed by atoms with van der Waals surface area (Å²) < 4.78 is 0.